The van der Waals surface area contributed by atoms with Crippen LogP contribution < -0.4 is 11.1 Å². The highest BCUT2D eigenvalue weighted by Crippen LogP contribution is 2.34. The van der Waals surface area contributed by atoms with Crippen LogP contribution >= 0.6 is 0 Å². The van der Waals surface area contributed by atoms with Gasteiger partial charge in [0.05, 0.1) is 0 Å². The maximum Gasteiger partial charge on any atom is 0.320 e. The SMILES string of the molecule is CC1(C)CC(C(N)C(=O)O)CC(C)(C)N1. The zero-order chi connectivity index (χ0) is 11.9. The number of carboxylic acids is 1. The van der Waals surface area contributed by atoms with Crippen molar-refractivity contribution in [1.82, 2.24) is 5.32 Å². The predicted octanol–water partition coefficient (Wildman–Crippen LogP) is 0.955. The van der Waals surface area contributed by atoms with Gasteiger partial charge >= 0.3 is 5.97 Å². The lowest BCUT2D eigenvalue weighted by atomic mass is 9.73. The third kappa shape index (κ3) is 3.18. The quantitative estimate of drug-likeness (QED) is 0.640. The molecular weight excluding hydrogens is 192 g/mol. The standard InChI is InChI=1S/C11H22N2O2/c1-10(2)5-7(8(12)9(14)15)6-11(3,4)13-10/h7-8,13H,5-6,12H2,1-4H3,(H,14,15). The molecule has 1 aliphatic rings. The fourth-order valence-corrected chi connectivity index (χ4v) is 2.86. The van der Waals surface area contributed by atoms with Crippen LogP contribution in [0.4, 0.5) is 0 Å². The monoisotopic (exact) mass is 214 g/mol. The first-order chi connectivity index (χ1) is 6.63. The van der Waals surface area contributed by atoms with Gasteiger partial charge in [-0.1, -0.05) is 0 Å². The molecule has 0 spiro atoms. The smallest absolute Gasteiger partial charge is 0.320 e. The van der Waals surface area contributed by atoms with Crippen molar-refractivity contribution in [3.8, 4) is 0 Å². The van der Waals surface area contributed by atoms with Crippen molar-refractivity contribution in [3.63, 3.8) is 0 Å². The normalized spacial score (nSPS) is 27.3. The van der Waals surface area contributed by atoms with Crippen molar-refractivity contribution in [3.05, 3.63) is 0 Å². The second kappa shape index (κ2) is 3.76. The molecule has 4 N–H and O–H groups in total. The van der Waals surface area contributed by atoms with E-state index in [9.17, 15) is 4.79 Å². The van der Waals surface area contributed by atoms with Gasteiger partial charge in [-0.3, -0.25) is 4.79 Å². The van der Waals surface area contributed by atoms with Gasteiger partial charge in [0, 0.05) is 11.1 Å². The molecule has 1 aliphatic heterocycles. The second-order valence-corrected chi connectivity index (χ2v) is 5.93. The summed E-state index contributed by atoms with van der Waals surface area (Å²) in [5, 5.41) is 12.4. The average molecular weight is 214 g/mol. The third-order valence-electron chi connectivity index (χ3n) is 3.01. The van der Waals surface area contributed by atoms with Gasteiger partial charge in [0.25, 0.3) is 0 Å². The summed E-state index contributed by atoms with van der Waals surface area (Å²) >= 11 is 0. The van der Waals surface area contributed by atoms with Crippen molar-refractivity contribution in [2.75, 3.05) is 0 Å². The summed E-state index contributed by atoms with van der Waals surface area (Å²) in [4.78, 5) is 10.9. The zero-order valence-electron chi connectivity index (χ0n) is 10.0. The van der Waals surface area contributed by atoms with E-state index in [0.29, 0.717) is 0 Å². The molecule has 4 heteroatoms. The summed E-state index contributed by atoms with van der Waals surface area (Å²) < 4.78 is 0. The van der Waals surface area contributed by atoms with E-state index in [1.54, 1.807) is 0 Å². The summed E-state index contributed by atoms with van der Waals surface area (Å²) in [5.41, 5.74) is 5.62. The lowest BCUT2D eigenvalue weighted by Gasteiger charge is -2.47. The Hall–Kier alpha value is -0.610. The molecule has 4 nitrogen and oxygen atoms in total. The molecule has 1 heterocycles. The Morgan fingerprint density at radius 1 is 1.33 bits per heavy atom. The van der Waals surface area contributed by atoms with Gasteiger partial charge < -0.3 is 16.2 Å². The van der Waals surface area contributed by atoms with Gasteiger partial charge in [-0.2, -0.15) is 0 Å². The number of piperidine rings is 1. The Morgan fingerprint density at radius 3 is 2.07 bits per heavy atom. The van der Waals surface area contributed by atoms with Gasteiger partial charge in [-0.15, -0.1) is 0 Å². The molecule has 1 saturated heterocycles. The number of nitrogens with one attached hydrogen (secondary N) is 1. The summed E-state index contributed by atoms with van der Waals surface area (Å²) in [7, 11) is 0. The van der Waals surface area contributed by atoms with E-state index in [0.717, 1.165) is 12.8 Å². The first-order valence-electron chi connectivity index (χ1n) is 5.41. The van der Waals surface area contributed by atoms with Crippen LogP contribution in [0.5, 0.6) is 0 Å². The first-order valence-corrected chi connectivity index (χ1v) is 5.41. The van der Waals surface area contributed by atoms with E-state index in [1.807, 2.05) is 0 Å². The number of hydrogen-bond donors (Lipinski definition) is 3. The van der Waals surface area contributed by atoms with Gasteiger partial charge in [0.15, 0.2) is 0 Å². The van der Waals surface area contributed by atoms with Gasteiger partial charge in [-0.25, -0.2) is 0 Å². The molecular formula is C11H22N2O2. The van der Waals surface area contributed by atoms with Crippen LogP contribution in [0.25, 0.3) is 0 Å². The molecule has 0 aromatic heterocycles. The van der Waals surface area contributed by atoms with E-state index in [-0.39, 0.29) is 17.0 Å². The maximum atomic E-state index is 10.9. The zero-order valence-corrected chi connectivity index (χ0v) is 10.0. The van der Waals surface area contributed by atoms with Crippen LogP contribution in [-0.4, -0.2) is 28.2 Å². The van der Waals surface area contributed by atoms with Crippen LogP contribution in [0.15, 0.2) is 0 Å². The maximum absolute atomic E-state index is 10.9. The molecule has 1 unspecified atom stereocenters. The molecule has 0 amide bonds. The number of hydrogen-bond acceptors (Lipinski definition) is 3. The minimum Gasteiger partial charge on any atom is -0.480 e. The Morgan fingerprint density at radius 2 is 1.73 bits per heavy atom. The van der Waals surface area contributed by atoms with Crippen LogP contribution in [0.2, 0.25) is 0 Å². The Bertz CT molecular complexity index is 245. The van der Waals surface area contributed by atoms with E-state index in [1.165, 1.54) is 0 Å². The topological polar surface area (TPSA) is 75.4 Å². The minimum atomic E-state index is -0.895. The van der Waals surface area contributed by atoms with Gasteiger partial charge in [0.1, 0.15) is 6.04 Å². The Labute approximate surface area is 91.2 Å². The van der Waals surface area contributed by atoms with E-state index in [2.05, 4.69) is 33.0 Å². The molecule has 0 aromatic carbocycles. The van der Waals surface area contributed by atoms with Crippen molar-refractivity contribution in [2.45, 2.75) is 57.7 Å². The molecule has 1 rings (SSSR count). The molecule has 1 fully saturated rings. The number of nitrogens with two attached hydrogens (primary N) is 1. The summed E-state index contributed by atoms with van der Waals surface area (Å²) in [5.74, 6) is -0.845. The lowest BCUT2D eigenvalue weighted by Crippen LogP contribution is -2.60. The van der Waals surface area contributed by atoms with Crippen LogP contribution in [0.1, 0.15) is 40.5 Å². The van der Waals surface area contributed by atoms with E-state index < -0.39 is 12.0 Å². The molecule has 0 radical (unpaired) electrons. The molecule has 0 aromatic rings. The Kier molecular flexibility index (Phi) is 3.12. The molecule has 0 saturated carbocycles. The van der Waals surface area contributed by atoms with Crippen molar-refractivity contribution >= 4 is 5.97 Å². The second-order valence-electron chi connectivity index (χ2n) is 5.93. The largest absolute Gasteiger partial charge is 0.480 e. The van der Waals surface area contributed by atoms with E-state index >= 15 is 0 Å². The fraction of sp³-hybridized carbons (Fsp3) is 0.909. The highest BCUT2D eigenvalue weighted by Gasteiger charge is 2.41. The van der Waals surface area contributed by atoms with E-state index in [4.69, 9.17) is 10.8 Å². The number of carbonyl (C=O) groups is 1. The van der Waals surface area contributed by atoms with Crippen LogP contribution in [-0.2, 0) is 4.79 Å². The number of aliphatic carboxylic acids is 1. The van der Waals surface area contributed by atoms with Crippen LogP contribution in [0.3, 0.4) is 0 Å². The molecule has 1 atom stereocenters. The summed E-state index contributed by atoms with van der Waals surface area (Å²) in [6, 6.07) is -0.745. The summed E-state index contributed by atoms with van der Waals surface area (Å²) in [6.07, 6.45) is 1.62. The minimum absolute atomic E-state index is 0.0422. The summed E-state index contributed by atoms with van der Waals surface area (Å²) in [6.45, 7) is 8.37. The van der Waals surface area contributed by atoms with Gasteiger partial charge in [-0.05, 0) is 46.5 Å². The highest BCUT2D eigenvalue weighted by molar-refractivity contribution is 5.73. The van der Waals surface area contributed by atoms with Gasteiger partial charge in [0.2, 0.25) is 0 Å². The fourth-order valence-electron chi connectivity index (χ4n) is 2.86. The lowest BCUT2D eigenvalue weighted by molar-refractivity contribution is -0.140. The molecule has 88 valence electrons. The van der Waals surface area contributed by atoms with Crippen molar-refractivity contribution in [2.24, 2.45) is 11.7 Å². The molecule has 0 bridgehead atoms. The molecule has 0 aliphatic carbocycles. The average Bonchev–Trinajstić information content (AvgIpc) is 1.96. The van der Waals surface area contributed by atoms with Crippen molar-refractivity contribution < 1.29 is 9.90 Å². The molecule has 15 heavy (non-hydrogen) atoms. The third-order valence-corrected chi connectivity index (χ3v) is 3.01. The number of rotatable bonds is 2. The Balaban J connectivity index is 2.79. The number of carboxylic acid groups (broad SMARTS) is 1. The van der Waals surface area contributed by atoms with Crippen LogP contribution in [0, 0.1) is 5.92 Å². The predicted molar refractivity (Wildman–Crippen MR) is 59.6 cm³/mol. The van der Waals surface area contributed by atoms with Crippen molar-refractivity contribution in [1.29, 1.82) is 0 Å². The highest BCUT2D eigenvalue weighted by atomic mass is 16.4. The first kappa shape index (κ1) is 12.5.